The highest BCUT2D eigenvalue weighted by molar-refractivity contribution is 5.88. The summed E-state index contributed by atoms with van der Waals surface area (Å²) in [5.41, 5.74) is 11.0. The maximum atomic E-state index is 10.7. The summed E-state index contributed by atoms with van der Waals surface area (Å²) in [5, 5.41) is 7.30. The lowest BCUT2D eigenvalue weighted by atomic mass is 10.5. The number of nitrogens with two attached hydrogens (primary N) is 2. The summed E-state index contributed by atoms with van der Waals surface area (Å²) >= 11 is 0. The molecule has 0 fully saturated rings. The lowest BCUT2D eigenvalue weighted by molar-refractivity contribution is 0.0987. The smallest absolute Gasteiger partial charge is 0.290 e. The third-order valence-corrected chi connectivity index (χ3v) is 1.64. The van der Waals surface area contributed by atoms with Gasteiger partial charge in [0.25, 0.3) is 11.7 Å². The van der Waals surface area contributed by atoms with Gasteiger partial charge in [-0.2, -0.15) is 10.1 Å². The van der Waals surface area contributed by atoms with Gasteiger partial charge in [-0.25, -0.2) is 0 Å². The Balaban J connectivity index is 2.14. The van der Waals surface area contributed by atoms with Crippen LogP contribution in [0.25, 0.3) is 0 Å². The van der Waals surface area contributed by atoms with Crippen LogP contribution in [0.2, 0.25) is 0 Å². The van der Waals surface area contributed by atoms with Crippen molar-refractivity contribution < 1.29 is 9.32 Å². The molecule has 0 atom stereocenters. The molecule has 2 rings (SSSR count). The van der Waals surface area contributed by atoms with Crippen molar-refractivity contribution in [3.05, 3.63) is 24.1 Å². The SMILES string of the molecule is NC(=O)c1noc(Cn2cc(N)cn2)n1. The molecule has 0 aromatic carbocycles. The molecule has 0 aliphatic heterocycles. The van der Waals surface area contributed by atoms with E-state index in [1.54, 1.807) is 6.20 Å². The minimum absolute atomic E-state index is 0.148. The van der Waals surface area contributed by atoms with E-state index < -0.39 is 5.91 Å². The lowest BCUT2D eigenvalue weighted by Gasteiger charge is -1.92. The van der Waals surface area contributed by atoms with E-state index in [1.165, 1.54) is 10.9 Å². The number of hydrogen-bond acceptors (Lipinski definition) is 6. The van der Waals surface area contributed by atoms with Crippen LogP contribution in [-0.4, -0.2) is 25.8 Å². The maximum Gasteiger partial charge on any atom is 0.290 e. The van der Waals surface area contributed by atoms with Crippen LogP contribution in [0.15, 0.2) is 16.9 Å². The monoisotopic (exact) mass is 208 g/mol. The third kappa shape index (κ3) is 1.93. The van der Waals surface area contributed by atoms with E-state index in [-0.39, 0.29) is 18.3 Å². The molecule has 2 aromatic heterocycles. The van der Waals surface area contributed by atoms with Crippen molar-refractivity contribution in [3.63, 3.8) is 0 Å². The van der Waals surface area contributed by atoms with Crippen LogP contribution in [0.3, 0.4) is 0 Å². The second kappa shape index (κ2) is 3.40. The number of rotatable bonds is 3. The van der Waals surface area contributed by atoms with Gasteiger partial charge in [0.2, 0.25) is 5.89 Å². The number of hydrogen-bond donors (Lipinski definition) is 2. The van der Waals surface area contributed by atoms with Crippen molar-refractivity contribution in [2.24, 2.45) is 5.73 Å². The van der Waals surface area contributed by atoms with E-state index in [4.69, 9.17) is 16.0 Å². The van der Waals surface area contributed by atoms with E-state index in [0.29, 0.717) is 5.69 Å². The Labute approximate surface area is 83.9 Å². The number of carbonyl (C=O) groups excluding carboxylic acids is 1. The van der Waals surface area contributed by atoms with Crippen LogP contribution >= 0.6 is 0 Å². The molecule has 15 heavy (non-hydrogen) atoms. The quantitative estimate of drug-likeness (QED) is 0.665. The molecule has 0 radical (unpaired) electrons. The summed E-state index contributed by atoms with van der Waals surface area (Å²) in [7, 11) is 0. The van der Waals surface area contributed by atoms with Crippen LogP contribution < -0.4 is 11.5 Å². The minimum Gasteiger partial charge on any atom is -0.396 e. The van der Waals surface area contributed by atoms with Gasteiger partial charge in [0, 0.05) is 6.20 Å². The van der Waals surface area contributed by atoms with Crippen LogP contribution in [0.5, 0.6) is 0 Å². The molecule has 0 bridgehead atoms. The fraction of sp³-hybridized carbons (Fsp3) is 0.143. The Hall–Kier alpha value is -2.38. The maximum absolute atomic E-state index is 10.7. The molecule has 0 aliphatic rings. The molecule has 8 heteroatoms. The topological polar surface area (TPSA) is 126 Å². The van der Waals surface area contributed by atoms with Crippen molar-refractivity contribution in [1.29, 1.82) is 0 Å². The van der Waals surface area contributed by atoms with Gasteiger partial charge in [0.15, 0.2) is 0 Å². The number of nitrogens with zero attached hydrogens (tertiary/aromatic N) is 4. The standard InChI is InChI=1S/C7H8N6O2/c8-4-1-10-13(2-4)3-5-11-7(6(9)14)12-15-5/h1-2H,3,8H2,(H2,9,14). The first kappa shape index (κ1) is 9.19. The van der Waals surface area contributed by atoms with Gasteiger partial charge in [-0.15, -0.1) is 0 Å². The van der Waals surface area contributed by atoms with Crippen molar-refractivity contribution in [2.75, 3.05) is 5.73 Å². The third-order valence-electron chi connectivity index (χ3n) is 1.64. The van der Waals surface area contributed by atoms with Crippen LogP contribution in [0.4, 0.5) is 5.69 Å². The van der Waals surface area contributed by atoms with Crippen molar-refractivity contribution >= 4 is 11.6 Å². The summed E-state index contributed by atoms with van der Waals surface area (Å²) in [6, 6.07) is 0. The summed E-state index contributed by atoms with van der Waals surface area (Å²) in [6.45, 7) is 0.247. The average Bonchev–Trinajstić information content (AvgIpc) is 2.76. The highest BCUT2D eigenvalue weighted by Gasteiger charge is 2.11. The number of anilines is 1. The predicted octanol–water partition coefficient (Wildman–Crippen LogP) is -1.00. The molecule has 0 spiro atoms. The molecule has 4 N–H and O–H groups in total. The molecule has 8 nitrogen and oxygen atoms in total. The van der Waals surface area contributed by atoms with Gasteiger partial charge in [-0.05, 0) is 0 Å². The van der Waals surface area contributed by atoms with Crippen molar-refractivity contribution in [1.82, 2.24) is 19.9 Å². The van der Waals surface area contributed by atoms with Crippen molar-refractivity contribution in [3.8, 4) is 0 Å². The zero-order valence-corrected chi connectivity index (χ0v) is 7.62. The molecule has 0 saturated heterocycles. The fourth-order valence-corrected chi connectivity index (χ4v) is 1.02. The van der Waals surface area contributed by atoms with Crippen molar-refractivity contribution in [2.45, 2.75) is 6.54 Å². The first-order valence-corrected chi connectivity index (χ1v) is 4.05. The number of aromatic nitrogens is 4. The summed E-state index contributed by atoms with van der Waals surface area (Å²) in [6.07, 6.45) is 3.10. The van der Waals surface area contributed by atoms with E-state index in [1.807, 2.05) is 0 Å². The highest BCUT2D eigenvalue weighted by atomic mass is 16.5. The van der Waals surface area contributed by atoms with E-state index in [9.17, 15) is 4.79 Å². The normalized spacial score (nSPS) is 10.4. The van der Waals surface area contributed by atoms with Crippen LogP contribution in [-0.2, 0) is 6.54 Å². The van der Waals surface area contributed by atoms with Crippen LogP contribution in [0, 0.1) is 0 Å². The summed E-state index contributed by atoms with van der Waals surface area (Å²) < 4.78 is 6.28. The molecule has 2 aromatic rings. The zero-order valence-electron chi connectivity index (χ0n) is 7.62. The number of nitrogen functional groups attached to an aromatic ring is 1. The molecule has 0 unspecified atom stereocenters. The molecular formula is C7H8N6O2. The molecule has 0 aliphatic carbocycles. The average molecular weight is 208 g/mol. The lowest BCUT2D eigenvalue weighted by Crippen LogP contribution is -2.13. The Kier molecular flexibility index (Phi) is 2.08. The van der Waals surface area contributed by atoms with Gasteiger partial charge in [-0.3, -0.25) is 9.48 Å². The van der Waals surface area contributed by atoms with Gasteiger partial charge in [-0.1, -0.05) is 5.16 Å². The predicted molar refractivity (Wildman–Crippen MR) is 48.6 cm³/mol. The second-order valence-electron chi connectivity index (χ2n) is 2.85. The molecule has 0 saturated carbocycles. The molecule has 2 heterocycles. The minimum atomic E-state index is -0.732. The Morgan fingerprint density at radius 3 is 2.93 bits per heavy atom. The van der Waals surface area contributed by atoms with E-state index >= 15 is 0 Å². The Morgan fingerprint density at radius 1 is 1.60 bits per heavy atom. The summed E-state index contributed by atoms with van der Waals surface area (Å²) in [5.74, 6) is -0.637. The van der Waals surface area contributed by atoms with Gasteiger partial charge in [0.05, 0.1) is 11.9 Å². The van der Waals surface area contributed by atoms with Gasteiger partial charge in [0.1, 0.15) is 6.54 Å². The Morgan fingerprint density at radius 2 is 2.40 bits per heavy atom. The first-order chi connectivity index (χ1) is 7.15. The first-order valence-electron chi connectivity index (χ1n) is 4.05. The van der Waals surface area contributed by atoms with Gasteiger partial charge < -0.3 is 16.0 Å². The summed E-state index contributed by atoms with van der Waals surface area (Å²) in [4.78, 5) is 14.4. The molecule has 78 valence electrons. The number of carbonyl (C=O) groups is 1. The van der Waals surface area contributed by atoms with E-state index in [0.717, 1.165) is 0 Å². The molecule has 1 amide bonds. The Bertz CT molecular complexity index is 487. The second-order valence-corrected chi connectivity index (χ2v) is 2.85. The number of amides is 1. The van der Waals surface area contributed by atoms with Crippen LogP contribution in [0.1, 0.15) is 16.5 Å². The molecular weight excluding hydrogens is 200 g/mol. The largest absolute Gasteiger partial charge is 0.396 e. The van der Waals surface area contributed by atoms with Gasteiger partial charge >= 0.3 is 0 Å². The number of primary amides is 1. The highest BCUT2D eigenvalue weighted by Crippen LogP contribution is 2.02. The zero-order chi connectivity index (χ0) is 10.8. The van der Waals surface area contributed by atoms with E-state index in [2.05, 4.69) is 15.2 Å². The fourth-order valence-electron chi connectivity index (χ4n) is 1.02.